The Balaban J connectivity index is 1.65. The normalized spacial score (nSPS) is 12.7. The lowest BCUT2D eigenvalue weighted by atomic mass is 9.92. The number of benzene rings is 4. The van der Waals surface area contributed by atoms with E-state index in [1.54, 1.807) is 6.07 Å². The molecule has 3 N–H and O–H groups in total. The van der Waals surface area contributed by atoms with E-state index in [0.717, 1.165) is 27.1 Å². The third kappa shape index (κ3) is 5.46. The van der Waals surface area contributed by atoms with E-state index < -0.39 is 35.7 Å². The fourth-order valence-corrected chi connectivity index (χ4v) is 4.34. The monoisotopic (exact) mass is 472 g/mol. The van der Waals surface area contributed by atoms with E-state index in [4.69, 9.17) is 0 Å². The summed E-state index contributed by atoms with van der Waals surface area (Å²) in [5.74, 6) is -2.88. The molecule has 0 saturated heterocycles. The van der Waals surface area contributed by atoms with E-state index in [0.29, 0.717) is 0 Å². The van der Waals surface area contributed by atoms with Crippen LogP contribution in [0.4, 0.5) is 4.39 Å². The number of aliphatic carboxylic acids is 1. The quantitative estimate of drug-likeness (QED) is 0.338. The summed E-state index contributed by atoms with van der Waals surface area (Å²) < 4.78 is 14.2. The number of carbonyl (C=O) groups is 3. The minimum atomic E-state index is -1.26. The lowest BCUT2D eigenvalue weighted by Crippen LogP contribution is -2.52. The van der Waals surface area contributed by atoms with E-state index in [2.05, 4.69) is 10.6 Å². The van der Waals surface area contributed by atoms with Crippen LogP contribution >= 0.6 is 0 Å². The van der Waals surface area contributed by atoms with Crippen LogP contribution in [0, 0.1) is 5.82 Å². The number of carboxylic acids is 1. The lowest BCUT2D eigenvalue weighted by Gasteiger charge is -2.22. The van der Waals surface area contributed by atoms with Gasteiger partial charge in [-0.1, -0.05) is 66.7 Å². The Bertz CT molecular complexity index is 1360. The van der Waals surface area contributed by atoms with Gasteiger partial charge in [-0.3, -0.25) is 9.59 Å². The van der Waals surface area contributed by atoms with Crippen molar-refractivity contribution >= 4 is 39.3 Å². The van der Waals surface area contributed by atoms with Crippen LogP contribution in [0.1, 0.15) is 18.1 Å². The van der Waals surface area contributed by atoms with Gasteiger partial charge in [0, 0.05) is 19.8 Å². The molecule has 0 spiro atoms. The van der Waals surface area contributed by atoms with Gasteiger partial charge in [0.15, 0.2) is 0 Å². The first-order chi connectivity index (χ1) is 16.8. The van der Waals surface area contributed by atoms with Crippen molar-refractivity contribution in [3.05, 3.63) is 95.8 Å². The zero-order valence-electron chi connectivity index (χ0n) is 19.1. The fourth-order valence-electron chi connectivity index (χ4n) is 4.34. The van der Waals surface area contributed by atoms with Crippen molar-refractivity contribution in [2.75, 3.05) is 0 Å². The number of hydrogen-bond acceptors (Lipinski definition) is 3. The number of fused-ring (bicyclic) bond motifs is 2. The highest BCUT2D eigenvalue weighted by Crippen LogP contribution is 2.29. The zero-order valence-corrected chi connectivity index (χ0v) is 19.1. The molecule has 0 unspecified atom stereocenters. The van der Waals surface area contributed by atoms with Gasteiger partial charge in [0.2, 0.25) is 11.8 Å². The van der Waals surface area contributed by atoms with Gasteiger partial charge >= 0.3 is 5.97 Å². The molecule has 4 rings (SSSR count). The van der Waals surface area contributed by atoms with Crippen molar-refractivity contribution in [2.24, 2.45) is 0 Å². The number of halogens is 1. The standard InChI is InChI=1S/C28H25FN2O4/c1-17(32)30-25(15-20-10-4-7-13-24(20)29)27(33)31-26(28(34)35)16-23-21-11-5-2-8-18(21)14-19-9-3-6-12-22(19)23/h2-14,25-26H,15-16H2,1H3,(H,30,32)(H,31,33)(H,34,35)/t25-,26+/m0/s1. The number of carbonyl (C=O) groups excluding carboxylic acids is 2. The van der Waals surface area contributed by atoms with Crippen LogP contribution in [-0.4, -0.2) is 35.0 Å². The molecule has 2 amide bonds. The minimum absolute atomic E-state index is 0.0371. The maximum Gasteiger partial charge on any atom is 0.326 e. The second-order valence-electron chi connectivity index (χ2n) is 8.45. The van der Waals surface area contributed by atoms with Crippen LogP contribution < -0.4 is 10.6 Å². The number of rotatable bonds is 8. The summed E-state index contributed by atoms with van der Waals surface area (Å²) in [5.41, 5.74) is 1.05. The molecule has 0 bridgehead atoms. The molecule has 6 nitrogen and oxygen atoms in total. The number of amides is 2. The molecular formula is C28H25FN2O4. The van der Waals surface area contributed by atoms with Crippen LogP contribution in [0.2, 0.25) is 0 Å². The molecule has 4 aromatic rings. The van der Waals surface area contributed by atoms with Gasteiger partial charge in [0.05, 0.1) is 0 Å². The molecule has 2 atom stereocenters. The smallest absolute Gasteiger partial charge is 0.326 e. The van der Waals surface area contributed by atoms with Gasteiger partial charge in [-0.15, -0.1) is 0 Å². The van der Waals surface area contributed by atoms with E-state index in [1.165, 1.54) is 25.1 Å². The van der Waals surface area contributed by atoms with Crippen LogP contribution in [0.3, 0.4) is 0 Å². The Hall–Kier alpha value is -4.26. The van der Waals surface area contributed by atoms with Crippen molar-refractivity contribution in [3.63, 3.8) is 0 Å². The third-order valence-electron chi connectivity index (χ3n) is 5.98. The van der Waals surface area contributed by atoms with Gasteiger partial charge in [0.1, 0.15) is 17.9 Å². The van der Waals surface area contributed by atoms with E-state index in [1.807, 2.05) is 54.6 Å². The first-order valence-corrected chi connectivity index (χ1v) is 11.3. The van der Waals surface area contributed by atoms with Gasteiger partial charge < -0.3 is 15.7 Å². The highest BCUT2D eigenvalue weighted by molar-refractivity contribution is 6.03. The van der Waals surface area contributed by atoms with Gasteiger partial charge in [0.25, 0.3) is 0 Å². The predicted molar refractivity (Wildman–Crippen MR) is 132 cm³/mol. The average Bonchev–Trinajstić information content (AvgIpc) is 2.83. The van der Waals surface area contributed by atoms with Gasteiger partial charge in [-0.05, 0) is 44.8 Å². The Labute approximate surface area is 201 Å². The molecule has 7 heteroatoms. The molecule has 0 saturated carbocycles. The van der Waals surface area contributed by atoms with Gasteiger partial charge in [-0.25, -0.2) is 9.18 Å². The molecule has 178 valence electrons. The molecular weight excluding hydrogens is 447 g/mol. The van der Waals surface area contributed by atoms with Crippen LogP contribution in [0.5, 0.6) is 0 Å². The summed E-state index contributed by atoms with van der Waals surface area (Å²) in [6.07, 6.45) is -0.0724. The number of nitrogens with one attached hydrogen (secondary N) is 2. The summed E-state index contributed by atoms with van der Waals surface area (Å²) in [4.78, 5) is 37.1. The van der Waals surface area contributed by atoms with E-state index >= 15 is 0 Å². The Morgan fingerprint density at radius 2 is 1.37 bits per heavy atom. The van der Waals surface area contributed by atoms with Crippen molar-refractivity contribution in [2.45, 2.75) is 31.8 Å². The lowest BCUT2D eigenvalue weighted by molar-refractivity contribution is -0.142. The van der Waals surface area contributed by atoms with Crippen molar-refractivity contribution < 1.29 is 23.9 Å². The molecule has 0 aliphatic carbocycles. The number of hydrogen-bond donors (Lipinski definition) is 3. The fraction of sp³-hybridized carbons (Fsp3) is 0.179. The second kappa shape index (κ2) is 10.3. The van der Waals surface area contributed by atoms with Crippen molar-refractivity contribution in [1.29, 1.82) is 0 Å². The molecule has 0 heterocycles. The summed E-state index contributed by atoms with van der Waals surface area (Å²) in [6, 6.07) is 21.0. The zero-order chi connectivity index (χ0) is 24.9. The van der Waals surface area contributed by atoms with Crippen molar-refractivity contribution in [3.8, 4) is 0 Å². The topological polar surface area (TPSA) is 95.5 Å². The Morgan fingerprint density at radius 3 is 1.94 bits per heavy atom. The largest absolute Gasteiger partial charge is 0.480 e. The molecule has 35 heavy (non-hydrogen) atoms. The van der Waals surface area contributed by atoms with Crippen LogP contribution in [-0.2, 0) is 27.2 Å². The molecule has 4 aromatic carbocycles. The first kappa shape index (κ1) is 23.9. The average molecular weight is 473 g/mol. The summed E-state index contributed by atoms with van der Waals surface area (Å²) >= 11 is 0. The SMILES string of the molecule is CC(=O)N[C@@H](Cc1ccccc1F)C(=O)N[C@H](Cc1c2ccccc2cc2ccccc12)C(=O)O. The molecule has 0 aliphatic rings. The molecule has 0 fully saturated rings. The second-order valence-corrected chi connectivity index (χ2v) is 8.45. The summed E-state index contributed by atoms with van der Waals surface area (Å²) in [5, 5.41) is 18.8. The predicted octanol–water partition coefficient (Wildman–Crippen LogP) is 3.99. The molecule has 0 radical (unpaired) electrons. The summed E-state index contributed by atoms with van der Waals surface area (Å²) in [7, 11) is 0. The maximum atomic E-state index is 14.2. The summed E-state index contributed by atoms with van der Waals surface area (Å²) in [6.45, 7) is 1.25. The Morgan fingerprint density at radius 1 is 0.800 bits per heavy atom. The van der Waals surface area contributed by atoms with Gasteiger partial charge in [-0.2, -0.15) is 0 Å². The maximum absolute atomic E-state index is 14.2. The van der Waals surface area contributed by atoms with E-state index in [-0.39, 0.29) is 18.4 Å². The molecule has 0 aliphatic heterocycles. The highest BCUT2D eigenvalue weighted by Gasteiger charge is 2.28. The highest BCUT2D eigenvalue weighted by atomic mass is 19.1. The third-order valence-corrected chi connectivity index (χ3v) is 5.98. The van der Waals surface area contributed by atoms with Crippen LogP contribution in [0.15, 0.2) is 78.9 Å². The Kier molecular flexibility index (Phi) is 7.06. The molecule has 0 aromatic heterocycles. The minimum Gasteiger partial charge on any atom is -0.480 e. The first-order valence-electron chi connectivity index (χ1n) is 11.3. The number of carboxylic acid groups (broad SMARTS) is 1. The van der Waals surface area contributed by atoms with Crippen LogP contribution in [0.25, 0.3) is 21.5 Å². The van der Waals surface area contributed by atoms with Crippen molar-refractivity contribution in [1.82, 2.24) is 10.6 Å². The van der Waals surface area contributed by atoms with E-state index in [9.17, 15) is 23.9 Å².